The van der Waals surface area contributed by atoms with Gasteiger partial charge in [0.15, 0.2) is 5.78 Å². The Morgan fingerprint density at radius 1 is 1.56 bits per heavy atom. The number of ketones is 1. The minimum atomic E-state index is -1.00. The van der Waals surface area contributed by atoms with Crippen LogP contribution >= 0.6 is 0 Å². The van der Waals surface area contributed by atoms with E-state index < -0.39 is 6.17 Å². The molecule has 2 heteroatoms. The first kappa shape index (κ1) is 6.46. The van der Waals surface area contributed by atoms with E-state index in [0.29, 0.717) is 11.1 Å². The Kier molecular flexibility index (Phi) is 1.39. The zero-order chi connectivity index (χ0) is 7.02. The zero-order valence-corrected chi connectivity index (χ0v) is 5.57. The van der Waals surface area contributed by atoms with E-state index in [4.69, 9.17) is 0 Å². The fraction of sp³-hybridized carbons (Fsp3) is 0.571. The quantitative estimate of drug-likeness (QED) is 0.484. The van der Waals surface area contributed by atoms with Crippen molar-refractivity contribution in [2.24, 2.45) is 0 Å². The van der Waals surface area contributed by atoms with Crippen LogP contribution in [0.1, 0.15) is 20.3 Å². The minimum absolute atomic E-state index is 0.0417. The Hall–Kier alpha value is -0.660. The summed E-state index contributed by atoms with van der Waals surface area (Å²) >= 11 is 0. The smallest absolute Gasteiger partial charge is 0.161 e. The number of halogens is 1. The van der Waals surface area contributed by atoms with Crippen molar-refractivity contribution in [1.82, 2.24) is 0 Å². The van der Waals surface area contributed by atoms with Gasteiger partial charge in [0.1, 0.15) is 6.17 Å². The molecule has 0 N–H and O–H groups in total. The molecule has 0 saturated carbocycles. The maximum atomic E-state index is 12.5. The molecule has 50 valence electrons. The van der Waals surface area contributed by atoms with E-state index in [1.54, 1.807) is 13.8 Å². The molecule has 0 bridgehead atoms. The molecule has 0 aliphatic heterocycles. The van der Waals surface area contributed by atoms with Crippen molar-refractivity contribution in [2.75, 3.05) is 0 Å². The van der Waals surface area contributed by atoms with E-state index >= 15 is 0 Å². The lowest BCUT2D eigenvalue weighted by molar-refractivity contribution is -0.115. The number of allylic oxidation sites excluding steroid dienone is 2. The summed E-state index contributed by atoms with van der Waals surface area (Å²) in [7, 11) is 0. The van der Waals surface area contributed by atoms with Crippen LogP contribution in [0.3, 0.4) is 0 Å². The van der Waals surface area contributed by atoms with Crippen LogP contribution in [0.2, 0.25) is 0 Å². The summed E-state index contributed by atoms with van der Waals surface area (Å²) < 4.78 is 12.5. The highest BCUT2D eigenvalue weighted by atomic mass is 19.1. The number of hydrogen-bond donors (Lipinski definition) is 0. The van der Waals surface area contributed by atoms with Crippen molar-refractivity contribution in [3.8, 4) is 0 Å². The average Bonchev–Trinajstić information content (AvgIpc) is 1.98. The maximum Gasteiger partial charge on any atom is 0.161 e. The van der Waals surface area contributed by atoms with Gasteiger partial charge >= 0.3 is 0 Å². The molecular weight excluding hydrogens is 119 g/mol. The SMILES string of the molecule is CC1=C(C)C(F)CC1=O. The molecule has 0 aromatic rings. The molecule has 0 aromatic carbocycles. The second-order valence-electron chi connectivity index (χ2n) is 2.40. The van der Waals surface area contributed by atoms with Crippen molar-refractivity contribution in [3.05, 3.63) is 11.1 Å². The fourth-order valence-corrected chi connectivity index (χ4v) is 0.924. The Morgan fingerprint density at radius 2 is 2.11 bits per heavy atom. The van der Waals surface area contributed by atoms with Crippen molar-refractivity contribution in [2.45, 2.75) is 26.4 Å². The molecular formula is C7H9FO. The van der Waals surface area contributed by atoms with E-state index in [1.807, 2.05) is 0 Å². The van der Waals surface area contributed by atoms with Gasteiger partial charge in [0.25, 0.3) is 0 Å². The maximum absolute atomic E-state index is 12.5. The highest BCUT2D eigenvalue weighted by molar-refractivity contribution is 5.98. The van der Waals surface area contributed by atoms with Crippen molar-refractivity contribution >= 4 is 5.78 Å². The van der Waals surface area contributed by atoms with Gasteiger partial charge in [-0.1, -0.05) is 0 Å². The molecule has 0 spiro atoms. The van der Waals surface area contributed by atoms with E-state index in [-0.39, 0.29) is 12.2 Å². The van der Waals surface area contributed by atoms with Crippen LogP contribution in [0.4, 0.5) is 4.39 Å². The molecule has 1 nitrogen and oxygen atoms in total. The van der Waals surface area contributed by atoms with Crippen molar-refractivity contribution < 1.29 is 9.18 Å². The molecule has 0 amide bonds. The topological polar surface area (TPSA) is 17.1 Å². The third kappa shape index (κ3) is 0.889. The number of rotatable bonds is 0. The van der Waals surface area contributed by atoms with Gasteiger partial charge in [-0.05, 0) is 25.0 Å². The van der Waals surface area contributed by atoms with Crippen LogP contribution in [0.15, 0.2) is 11.1 Å². The van der Waals surface area contributed by atoms with Gasteiger partial charge < -0.3 is 0 Å². The second-order valence-corrected chi connectivity index (χ2v) is 2.40. The highest BCUT2D eigenvalue weighted by Crippen LogP contribution is 2.24. The molecule has 1 atom stereocenters. The van der Waals surface area contributed by atoms with Gasteiger partial charge in [-0.3, -0.25) is 4.79 Å². The van der Waals surface area contributed by atoms with Crippen molar-refractivity contribution in [1.29, 1.82) is 0 Å². The van der Waals surface area contributed by atoms with Crippen LogP contribution in [-0.4, -0.2) is 12.0 Å². The predicted octanol–water partition coefficient (Wildman–Crippen LogP) is 1.63. The standard InChI is InChI=1S/C7H9FO/c1-4-5(2)7(9)3-6(4)8/h6H,3H2,1-2H3. The fourth-order valence-electron chi connectivity index (χ4n) is 0.924. The number of hydrogen-bond acceptors (Lipinski definition) is 1. The second kappa shape index (κ2) is 1.94. The largest absolute Gasteiger partial charge is 0.294 e. The van der Waals surface area contributed by atoms with Crippen LogP contribution in [-0.2, 0) is 4.79 Å². The lowest BCUT2D eigenvalue weighted by atomic mass is 10.2. The monoisotopic (exact) mass is 128 g/mol. The first-order valence-electron chi connectivity index (χ1n) is 2.97. The number of alkyl halides is 1. The van der Waals surface area contributed by atoms with E-state index in [0.717, 1.165) is 0 Å². The van der Waals surface area contributed by atoms with Crippen LogP contribution in [0.25, 0.3) is 0 Å². The minimum Gasteiger partial charge on any atom is -0.294 e. The van der Waals surface area contributed by atoms with Crippen LogP contribution < -0.4 is 0 Å². The molecule has 0 radical (unpaired) electrons. The summed E-state index contributed by atoms with van der Waals surface area (Å²) in [4.78, 5) is 10.7. The molecule has 0 fully saturated rings. The summed E-state index contributed by atoms with van der Waals surface area (Å²) in [5, 5.41) is 0. The molecule has 0 aromatic heterocycles. The predicted molar refractivity (Wildman–Crippen MR) is 32.9 cm³/mol. The molecule has 1 aliphatic carbocycles. The Bertz CT molecular complexity index is 181. The third-order valence-electron chi connectivity index (χ3n) is 1.84. The number of carbonyl (C=O) groups excluding carboxylic acids is 1. The third-order valence-corrected chi connectivity index (χ3v) is 1.84. The normalized spacial score (nSPS) is 27.9. The van der Waals surface area contributed by atoms with Gasteiger partial charge in [-0.15, -0.1) is 0 Å². The zero-order valence-electron chi connectivity index (χ0n) is 5.57. The lowest BCUT2D eigenvalue weighted by Gasteiger charge is -1.94. The lowest BCUT2D eigenvalue weighted by Crippen LogP contribution is -1.96. The molecule has 1 aliphatic rings. The molecule has 0 heterocycles. The van der Waals surface area contributed by atoms with E-state index in [1.165, 1.54) is 0 Å². The molecule has 1 rings (SSSR count). The van der Waals surface area contributed by atoms with Gasteiger partial charge in [0.2, 0.25) is 0 Å². The first-order valence-corrected chi connectivity index (χ1v) is 2.97. The Labute approximate surface area is 53.6 Å². The Balaban J connectivity index is 2.92. The molecule has 1 unspecified atom stereocenters. The Morgan fingerprint density at radius 3 is 2.22 bits per heavy atom. The summed E-state index contributed by atoms with van der Waals surface area (Å²) in [5.74, 6) is -0.0417. The number of Topliss-reactive ketones (excluding diaryl/α,β-unsaturated/α-hetero) is 1. The summed E-state index contributed by atoms with van der Waals surface area (Å²) in [6.07, 6.45) is -0.935. The molecule has 9 heavy (non-hydrogen) atoms. The van der Waals surface area contributed by atoms with Crippen molar-refractivity contribution in [3.63, 3.8) is 0 Å². The summed E-state index contributed by atoms with van der Waals surface area (Å²) in [5.41, 5.74) is 1.22. The average molecular weight is 128 g/mol. The summed E-state index contributed by atoms with van der Waals surface area (Å²) in [6, 6.07) is 0. The highest BCUT2D eigenvalue weighted by Gasteiger charge is 2.25. The molecule has 0 saturated heterocycles. The number of carbonyl (C=O) groups is 1. The van der Waals surface area contributed by atoms with E-state index in [9.17, 15) is 9.18 Å². The van der Waals surface area contributed by atoms with Gasteiger partial charge in [-0.25, -0.2) is 4.39 Å². The van der Waals surface area contributed by atoms with E-state index in [2.05, 4.69) is 0 Å². The summed E-state index contributed by atoms with van der Waals surface area (Å²) in [6.45, 7) is 3.35. The van der Waals surface area contributed by atoms with Gasteiger partial charge in [0, 0.05) is 6.42 Å². The van der Waals surface area contributed by atoms with Crippen LogP contribution in [0, 0.1) is 0 Å². The van der Waals surface area contributed by atoms with Crippen LogP contribution in [0.5, 0.6) is 0 Å². The van der Waals surface area contributed by atoms with Gasteiger partial charge in [0.05, 0.1) is 0 Å². The van der Waals surface area contributed by atoms with Gasteiger partial charge in [-0.2, -0.15) is 0 Å². The first-order chi connectivity index (χ1) is 4.13.